The summed E-state index contributed by atoms with van der Waals surface area (Å²) in [6.45, 7) is 4.73. The van der Waals surface area contributed by atoms with Crippen molar-refractivity contribution in [3.63, 3.8) is 0 Å². The Labute approximate surface area is 300 Å². The van der Waals surface area contributed by atoms with E-state index < -0.39 is 5.41 Å². The summed E-state index contributed by atoms with van der Waals surface area (Å²) in [6, 6.07) is 69.7. The number of rotatable bonds is 5. The molecule has 51 heavy (non-hydrogen) atoms. The van der Waals surface area contributed by atoms with Gasteiger partial charge in [-0.15, -0.1) is 0 Å². The van der Waals surface area contributed by atoms with Gasteiger partial charge in [-0.2, -0.15) is 0 Å². The van der Waals surface area contributed by atoms with Crippen LogP contribution in [0.2, 0.25) is 0 Å². The number of hydrogen-bond acceptors (Lipinski definition) is 1. The Morgan fingerprint density at radius 3 is 1.67 bits per heavy atom. The zero-order valence-corrected chi connectivity index (χ0v) is 28.8. The summed E-state index contributed by atoms with van der Waals surface area (Å²) in [5.74, 6) is 0. The lowest BCUT2D eigenvalue weighted by molar-refractivity contribution is 0.660. The highest BCUT2D eigenvalue weighted by molar-refractivity contribution is 6.08. The summed E-state index contributed by atoms with van der Waals surface area (Å²) in [5.41, 5.74) is 16.0. The first-order chi connectivity index (χ1) is 25.1. The molecular formula is C50H37N. The minimum atomic E-state index is -0.520. The van der Waals surface area contributed by atoms with Gasteiger partial charge >= 0.3 is 0 Å². The van der Waals surface area contributed by atoms with E-state index in [9.17, 15) is 0 Å². The van der Waals surface area contributed by atoms with E-state index >= 15 is 0 Å². The average molecular weight is 652 g/mol. The van der Waals surface area contributed by atoms with Gasteiger partial charge in [-0.3, -0.25) is 0 Å². The highest BCUT2D eigenvalue weighted by Crippen LogP contribution is 2.62. The van der Waals surface area contributed by atoms with Crippen LogP contribution in [0.4, 0.5) is 17.1 Å². The molecule has 0 saturated heterocycles. The molecule has 0 N–H and O–H groups in total. The fourth-order valence-electron chi connectivity index (χ4n) is 9.31. The predicted molar refractivity (Wildman–Crippen MR) is 213 cm³/mol. The maximum absolute atomic E-state index is 2.51. The first-order valence-electron chi connectivity index (χ1n) is 18.0. The van der Waals surface area contributed by atoms with E-state index in [0.29, 0.717) is 0 Å². The number of hydrogen-bond donors (Lipinski definition) is 0. The molecule has 8 aromatic carbocycles. The normalized spacial score (nSPS) is 14.4. The molecule has 0 heterocycles. The smallest absolute Gasteiger partial charge is 0.0720 e. The first-order valence-corrected chi connectivity index (χ1v) is 18.0. The van der Waals surface area contributed by atoms with Crippen molar-refractivity contribution in [3.05, 3.63) is 221 Å². The molecule has 0 amide bonds. The Hall–Kier alpha value is -6.18. The monoisotopic (exact) mass is 651 g/mol. The van der Waals surface area contributed by atoms with Gasteiger partial charge in [0, 0.05) is 22.4 Å². The lowest BCUT2D eigenvalue weighted by Gasteiger charge is -2.35. The van der Waals surface area contributed by atoms with Gasteiger partial charge in [0.2, 0.25) is 0 Å². The second-order valence-electron chi connectivity index (χ2n) is 14.5. The molecule has 2 aliphatic carbocycles. The molecule has 242 valence electrons. The molecule has 10 rings (SSSR count). The number of nitrogens with zero attached hydrogens (tertiary/aromatic N) is 1. The molecule has 1 nitrogen and oxygen atoms in total. The van der Waals surface area contributed by atoms with Crippen LogP contribution in [0, 0.1) is 0 Å². The van der Waals surface area contributed by atoms with Crippen LogP contribution in [0.15, 0.2) is 188 Å². The summed E-state index contributed by atoms with van der Waals surface area (Å²) in [4.78, 5) is 2.51. The highest BCUT2D eigenvalue weighted by atomic mass is 15.1. The van der Waals surface area contributed by atoms with Gasteiger partial charge in [-0.25, -0.2) is 0 Å². The van der Waals surface area contributed by atoms with E-state index in [4.69, 9.17) is 0 Å². The van der Waals surface area contributed by atoms with Gasteiger partial charge in [-0.05, 0) is 91.2 Å². The van der Waals surface area contributed by atoms with Crippen LogP contribution in [-0.2, 0) is 10.8 Å². The molecule has 0 atom stereocenters. The molecule has 0 aromatic heterocycles. The molecule has 8 aromatic rings. The third kappa shape index (κ3) is 4.15. The van der Waals surface area contributed by atoms with Crippen LogP contribution in [0.25, 0.3) is 33.0 Å². The fraction of sp³-hybridized carbons (Fsp3) is 0.0800. The van der Waals surface area contributed by atoms with Crippen LogP contribution < -0.4 is 4.90 Å². The fourth-order valence-corrected chi connectivity index (χ4v) is 9.31. The highest BCUT2D eigenvalue weighted by Gasteiger charge is 2.48. The van der Waals surface area contributed by atoms with Crippen LogP contribution in [0.3, 0.4) is 0 Å². The molecule has 0 fully saturated rings. The molecule has 0 spiro atoms. The molecule has 0 bridgehead atoms. The van der Waals surface area contributed by atoms with Gasteiger partial charge in [0.05, 0.1) is 11.1 Å². The molecule has 0 saturated carbocycles. The zero-order valence-electron chi connectivity index (χ0n) is 28.8. The standard InChI is InChI=1S/C50H37N/c1-49(2)43-28-16-14-26-40(43)41-31-30-38(33-45(41)49)51(37-23-10-5-11-24-37)46-32-34-18-12-13-25-39(34)48-47(46)42-27-15-17-29-44(42)50(48,35-19-6-3-7-20-35)36-21-8-4-9-22-36/h3-33H,1-2H3. The van der Waals surface area contributed by atoms with E-state index in [1.807, 2.05) is 0 Å². The molecular weight excluding hydrogens is 615 g/mol. The van der Waals surface area contributed by atoms with E-state index in [1.54, 1.807) is 0 Å². The zero-order chi connectivity index (χ0) is 34.2. The molecule has 0 radical (unpaired) electrons. The number of anilines is 3. The van der Waals surface area contributed by atoms with Crippen molar-refractivity contribution in [2.75, 3.05) is 4.90 Å². The first kappa shape index (κ1) is 29.7. The van der Waals surface area contributed by atoms with Crippen molar-refractivity contribution in [3.8, 4) is 22.3 Å². The van der Waals surface area contributed by atoms with Crippen molar-refractivity contribution in [2.24, 2.45) is 0 Å². The SMILES string of the molecule is CC1(C)c2ccccc2-c2ccc(N(c3ccccc3)c3cc4ccccc4c4c3-c3ccccc3C4(c3ccccc3)c3ccccc3)cc21. The van der Waals surface area contributed by atoms with E-state index in [2.05, 4.69) is 207 Å². The summed E-state index contributed by atoms with van der Waals surface area (Å²) >= 11 is 0. The third-order valence-electron chi connectivity index (χ3n) is 11.5. The molecule has 2 aliphatic rings. The number of para-hydroxylation sites is 1. The van der Waals surface area contributed by atoms with Crippen LogP contribution in [0.5, 0.6) is 0 Å². The van der Waals surface area contributed by atoms with Gasteiger partial charge in [0.15, 0.2) is 0 Å². The van der Waals surface area contributed by atoms with E-state index in [-0.39, 0.29) is 5.41 Å². The minimum absolute atomic E-state index is 0.113. The Morgan fingerprint density at radius 1 is 0.412 bits per heavy atom. The van der Waals surface area contributed by atoms with Crippen LogP contribution in [0.1, 0.15) is 47.2 Å². The maximum Gasteiger partial charge on any atom is 0.0720 e. The predicted octanol–water partition coefficient (Wildman–Crippen LogP) is 13.0. The van der Waals surface area contributed by atoms with Gasteiger partial charge in [0.25, 0.3) is 0 Å². The second kappa shape index (κ2) is 11.2. The summed E-state index contributed by atoms with van der Waals surface area (Å²) in [6.07, 6.45) is 0. The summed E-state index contributed by atoms with van der Waals surface area (Å²) < 4.78 is 0. The Balaban J connectivity index is 1.34. The largest absolute Gasteiger partial charge is 0.310 e. The topological polar surface area (TPSA) is 3.24 Å². The third-order valence-corrected chi connectivity index (χ3v) is 11.5. The Kier molecular flexibility index (Phi) is 6.51. The molecule has 0 aliphatic heterocycles. The van der Waals surface area contributed by atoms with E-state index in [0.717, 1.165) is 11.4 Å². The molecule has 1 heteroatoms. The quantitative estimate of drug-likeness (QED) is 0.179. The summed E-state index contributed by atoms with van der Waals surface area (Å²) in [7, 11) is 0. The minimum Gasteiger partial charge on any atom is -0.310 e. The van der Waals surface area contributed by atoms with Crippen molar-refractivity contribution < 1.29 is 0 Å². The average Bonchev–Trinajstić information content (AvgIpc) is 3.63. The van der Waals surface area contributed by atoms with Crippen LogP contribution >= 0.6 is 0 Å². The Bertz CT molecular complexity index is 2560. The van der Waals surface area contributed by atoms with Crippen molar-refractivity contribution in [2.45, 2.75) is 24.7 Å². The number of fused-ring (bicyclic) bond motifs is 8. The van der Waals surface area contributed by atoms with E-state index in [1.165, 1.54) is 72.1 Å². The van der Waals surface area contributed by atoms with Gasteiger partial charge in [-0.1, -0.05) is 172 Å². The van der Waals surface area contributed by atoms with Crippen LogP contribution in [-0.4, -0.2) is 0 Å². The van der Waals surface area contributed by atoms with Crippen molar-refractivity contribution in [1.82, 2.24) is 0 Å². The lowest BCUT2D eigenvalue weighted by atomic mass is 9.66. The van der Waals surface area contributed by atoms with Crippen molar-refractivity contribution in [1.29, 1.82) is 0 Å². The maximum atomic E-state index is 2.51. The number of benzene rings is 8. The second-order valence-corrected chi connectivity index (χ2v) is 14.5. The van der Waals surface area contributed by atoms with Gasteiger partial charge < -0.3 is 4.90 Å². The lowest BCUT2D eigenvalue weighted by Crippen LogP contribution is -2.29. The Morgan fingerprint density at radius 2 is 0.961 bits per heavy atom. The molecule has 0 unspecified atom stereocenters. The van der Waals surface area contributed by atoms with Gasteiger partial charge in [0.1, 0.15) is 0 Å². The van der Waals surface area contributed by atoms with Crippen molar-refractivity contribution >= 4 is 27.8 Å². The summed E-state index contributed by atoms with van der Waals surface area (Å²) in [5, 5.41) is 2.50.